The van der Waals surface area contributed by atoms with Gasteiger partial charge in [-0.1, -0.05) is 0 Å². The molecule has 0 amide bonds. The van der Waals surface area contributed by atoms with E-state index in [1.165, 1.54) is 0 Å². The van der Waals surface area contributed by atoms with Crippen LogP contribution in [0.1, 0.15) is 20.8 Å². The van der Waals surface area contributed by atoms with Crippen LogP contribution in [0.25, 0.3) is 0 Å². The molecule has 0 spiro atoms. The zero-order valence-electron chi connectivity index (χ0n) is 8.11. The summed E-state index contributed by atoms with van der Waals surface area (Å²) in [6.45, 7) is 5.83. The molecule has 0 aromatic rings. The number of hydrogen-bond donors (Lipinski definition) is 3. The number of aliphatic hydroxyl groups excluding tert-OH is 1. The van der Waals surface area contributed by atoms with E-state index in [2.05, 4.69) is 5.32 Å². The number of nitrogens with one attached hydrogen (secondary N) is 1. The van der Waals surface area contributed by atoms with Gasteiger partial charge in [0, 0.05) is 12.1 Å². The van der Waals surface area contributed by atoms with Crippen LogP contribution in [0.3, 0.4) is 0 Å². The van der Waals surface area contributed by atoms with E-state index in [1.807, 2.05) is 20.8 Å². The minimum Gasteiger partial charge on any atom is -0.391 e. The van der Waals surface area contributed by atoms with Gasteiger partial charge in [0.2, 0.25) is 0 Å². The first-order valence-electron chi connectivity index (χ1n) is 3.98. The van der Waals surface area contributed by atoms with Crippen LogP contribution in [0.15, 0.2) is 0 Å². The van der Waals surface area contributed by atoms with E-state index in [9.17, 15) is 8.42 Å². The Morgan fingerprint density at radius 2 is 1.85 bits per heavy atom. The van der Waals surface area contributed by atoms with Crippen molar-refractivity contribution in [2.24, 2.45) is 0 Å². The van der Waals surface area contributed by atoms with Crippen LogP contribution in [0.5, 0.6) is 0 Å². The van der Waals surface area contributed by atoms with Crippen LogP contribution in [-0.4, -0.2) is 42.0 Å². The molecule has 0 fully saturated rings. The van der Waals surface area contributed by atoms with Gasteiger partial charge in [0.1, 0.15) is 5.75 Å². The van der Waals surface area contributed by atoms with Crippen molar-refractivity contribution in [1.82, 2.24) is 5.32 Å². The largest absolute Gasteiger partial charge is 0.391 e. The van der Waals surface area contributed by atoms with Gasteiger partial charge in [0.05, 0.1) is 6.10 Å². The molecule has 0 aromatic heterocycles. The molecule has 0 saturated heterocycles. The second kappa shape index (κ2) is 4.36. The lowest BCUT2D eigenvalue weighted by Crippen LogP contribution is -2.42. The van der Waals surface area contributed by atoms with Crippen LogP contribution < -0.4 is 5.32 Å². The first kappa shape index (κ1) is 12.8. The highest BCUT2D eigenvalue weighted by Crippen LogP contribution is 1.99. The molecule has 80 valence electrons. The maximum Gasteiger partial charge on any atom is 0.267 e. The molecule has 0 bridgehead atoms. The van der Waals surface area contributed by atoms with Crippen molar-refractivity contribution in [3.63, 3.8) is 0 Å². The number of aliphatic hydroxyl groups is 1. The minimum atomic E-state index is -4.08. The summed E-state index contributed by atoms with van der Waals surface area (Å²) in [6, 6.07) is 0. The Balaban J connectivity index is 3.84. The molecule has 0 aliphatic rings. The fourth-order valence-corrected chi connectivity index (χ4v) is 1.33. The SMILES string of the molecule is CC(C)(C)NCC(O)CS(=O)(=O)O. The predicted octanol–water partition coefficient (Wildman–Crippen LogP) is -0.377. The third-order valence-electron chi connectivity index (χ3n) is 1.27. The zero-order valence-corrected chi connectivity index (χ0v) is 8.93. The quantitative estimate of drug-likeness (QED) is 0.552. The first-order chi connectivity index (χ1) is 5.60. The molecule has 1 unspecified atom stereocenters. The Morgan fingerprint density at radius 1 is 1.38 bits per heavy atom. The van der Waals surface area contributed by atoms with Crippen LogP contribution in [-0.2, 0) is 10.1 Å². The number of β-amino-alcohol motifs (C(OH)–C–C–N with tert-alkyl or cyclic N) is 1. The average molecular weight is 211 g/mol. The fourth-order valence-electron chi connectivity index (χ4n) is 0.726. The van der Waals surface area contributed by atoms with Gasteiger partial charge in [-0.3, -0.25) is 4.55 Å². The molecular formula is C7H17NO4S. The number of hydrogen-bond acceptors (Lipinski definition) is 4. The van der Waals surface area contributed by atoms with Crippen LogP contribution in [0.2, 0.25) is 0 Å². The Kier molecular flexibility index (Phi) is 4.31. The van der Waals surface area contributed by atoms with Crippen molar-refractivity contribution in [3.8, 4) is 0 Å². The first-order valence-corrected chi connectivity index (χ1v) is 5.59. The van der Waals surface area contributed by atoms with Gasteiger partial charge in [0.15, 0.2) is 0 Å². The highest BCUT2D eigenvalue weighted by Gasteiger charge is 2.16. The highest BCUT2D eigenvalue weighted by molar-refractivity contribution is 7.85. The normalized spacial score (nSPS) is 15.8. The predicted molar refractivity (Wildman–Crippen MR) is 50.2 cm³/mol. The Labute approximate surface area is 78.9 Å². The lowest BCUT2D eigenvalue weighted by molar-refractivity contribution is 0.179. The molecule has 1 atom stereocenters. The lowest BCUT2D eigenvalue weighted by Gasteiger charge is -2.22. The summed E-state index contributed by atoms with van der Waals surface area (Å²) in [6.07, 6.45) is -1.07. The Bertz CT molecular complexity index is 242. The van der Waals surface area contributed by atoms with E-state index in [0.29, 0.717) is 0 Å². The van der Waals surface area contributed by atoms with Crippen molar-refractivity contribution in [2.75, 3.05) is 12.3 Å². The molecule has 0 heterocycles. The minimum absolute atomic E-state index is 0.142. The van der Waals surface area contributed by atoms with E-state index in [1.54, 1.807) is 0 Å². The van der Waals surface area contributed by atoms with E-state index in [-0.39, 0.29) is 12.1 Å². The van der Waals surface area contributed by atoms with Crippen LogP contribution >= 0.6 is 0 Å². The van der Waals surface area contributed by atoms with E-state index in [4.69, 9.17) is 9.66 Å². The van der Waals surface area contributed by atoms with Gasteiger partial charge >= 0.3 is 0 Å². The van der Waals surface area contributed by atoms with E-state index < -0.39 is 22.0 Å². The van der Waals surface area contributed by atoms with Crippen molar-refractivity contribution in [1.29, 1.82) is 0 Å². The maximum atomic E-state index is 10.3. The van der Waals surface area contributed by atoms with Crippen molar-refractivity contribution >= 4 is 10.1 Å². The molecule has 0 radical (unpaired) electrons. The lowest BCUT2D eigenvalue weighted by atomic mass is 10.1. The molecular weight excluding hydrogens is 194 g/mol. The van der Waals surface area contributed by atoms with Gasteiger partial charge in [0.25, 0.3) is 10.1 Å². The molecule has 5 nitrogen and oxygen atoms in total. The molecule has 0 aliphatic carbocycles. The molecule has 0 aromatic carbocycles. The van der Waals surface area contributed by atoms with Gasteiger partial charge < -0.3 is 10.4 Å². The van der Waals surface area contributed by atoms with Crippen molar-refractivity contribution in [2.45, 2.75) is 32.4 Å². The summed E-state index contributed by atoms with van der Waals surface area (Å²) in [5, 5.41) is 12.1. The summed E-state index contributed by atoms with van der Waals surface area (Å²) in [5.41, 5.74) is -0.180. The molecule has 13 heavy (non-hydrogen) atoms. The van der Waals surface area contributed by atoms with Gasteiger partial charge in [-0.15, -0.1) is 0 Å². The van der Waals surface area contributed by atoms with Crippen molar-refractivity contribution in [3.05, 3.63) is 0 Å². The Hall–Kier alpha value is -0.170. The number of rotatable bonds is 4. The van der Waals surface area contributed by atoms with Crippen LogP contribution in [0, 0.1) is 0 Å². The monoisotopic (exact) mass is 211 g/mol. The summed E-state index contributed by atoms with van der Waals surface area (Å²) < 4.78 is 29.1. The summed E-state index contributed by atoms with van der Waals surface area (Å²) >= 11 is 0. The molecule has 0 saturated carbocycles. The smallest absolute Gasteiger partial charge is 0.267 e. The third kappa shape index (κ3) is 9.75. The molecule has 0 rings (SSSR count). The van der Waals surface area contributed by atoms with Crippen molar-refractivity contribution < 1.29 is 18.1 Å². The van der Waals surface area contributed by atoms with Gasteiger partial charge in [-0.2, -0.15) is 8.42 Å². The fraction of sp³-hybridized carbons (Fsp3) is 1.00. The summed E-state index contributed by atoms with van der Waals surface area (Å²) in [7, 11) is -4.08. The summed E-state index contributed by atoms with van der Waals surface area (Å²) in [4.78, 5) is 0. The zero-order chi connectivity index (χ0) is 10.7. The standard InChI is InChI=1S/C7H17NO4S/c1-7(2,3)8-4-6(9)5-13(10,11)12/h6,8-9H,4-5H2,1-3H3,(H,10,11,12). The third-order valence-corrected chi connectivity index (χ3v) is 2.08. The summed E-state index contributed by atoms with van der Waals surface area (Å²) in [5.74, 6) is -0.629. The second-order valence-electron chi connectivity index (χ2n) is 4.03. The van der Waals surface area contributed by atoms with E-state index in [0.717, 1.165) is 0 Å². The van der Waals surface area contributed by atoms with E-state index >= 15 is 0 Å². The molecule has 3 N–H and O–H groups in total. The second-order valence-corrected chi connectivity index (χ2v) is 5.53. The van der Waals surface area contributed by atoms with Gasteiger partial charge in [-0.05, 0) is 20.8 Å². The highest BCUT2D eigenvalue weighted by atomic mass is 32.2. The maximum absolute atomic E-state index is 10.3. The van der Waals surface area contributed by atoms with Gasteiger partial charge in [-0.25, -0.2) is 0 Å². The topological polar surface area (TPSA) is 86.6 Å². The molecule has 0 aliphatic heterocycles. The molecule has 6 heteroatoms. The Morgan fingerprint density at radius 3 is 2.15 bits per heavy atom. The average Bonchev–Trinajstić information content (AvgIpc) is 1.78. The van der Waals surface area contributed by atoms with Crippen LogP contribution in [0.4, 0.5) is 0 Å².